The molecule has 0 saturated heterocycles. The summed E-state index contributed by atoms with van der Waals surface area (Å²) < 4.78 is 26.9. The molecule has 0 aliphatic carbocycles. The van der Waals surface area contributed by atoms with Crippen molar-refractivity contribution in [3.63, 3.8) is 0 Å². The number of Topliss-reactive ketones (excluding diaryl/α,β-unsaturated/α-hetero) is 1. The second kappa shape index (κ2) is 5.40. The predicted octanol–water partition coefficient (Wildman–Crippen LogP) is 4.15. The summed E-state index contributed by atoms with van der Waals surface area (Å²) in [6, 6.07) is 9.66. The maximum Gasteiger partial charge on any atom is 0.167 e. The second-order valence-corrected chi connectivity index (χ2v) is 4.76. The minimum Gasteiger partial charge on any atom is -0.294 e. The van der Waals surface area contributed by atoms with Crippen LogP contribution in [0.25, 0.3) is 0 Å². The first-order valence-corrected chi connectivity index (χ1v) is 6.08. The number of ketones is 1. The van der Waals surface area contributed by atoms with Crippen molar-refractivity contribution in [2.24, 2.45) is 0 Å². The van der Waals surface area contributed by atoms with Gasteiger partial charge in [0.05, 0.1) is 0 Å². The Hall–Kier alpha value is -1.55. The molecule has 92 valence electrons. The van der Waals surface area contributed by atoms with Gasteiger partial charge in [-0.2, -0.15) is 0 Å². The molecule has 0 radical (unpaired) electrons. The van der Waals surface area contributed by atoms with Crippen LogP contribution in [0.1, 0.15) is 15.9 Å². The standard InChI is InChI=1S/C14H9BrF2O/c15-11-3-6-13(17)10(7-11)8-14(18)9-1-4-12(16)5-2-9/h1-7H,8H2. The molecule has 0 heterocycles. The molecule has 0 aromatic heterocycles. The van der Waals surface area contributed by atoms with E-state index in [9.17, 15) is 13.6 Å². The fourth-order valence-corrected chi connectivity index (χ4v) is 2.00. The molecule has 0 aliphatic heterocycles. The molecule has 0 unspecified atom stereocenters. The third kappa shape index (κ3) is 3.01. The zero-order valence-corrected chi connectivity index (χ0v) is 10.9. The van der Waals surface area contributed by atoms with Crippen molar-refractivity contribution in [2.75, 3.05) is 0 Å². The average molecular weight is 311 g/mol. The number of benzene rings is 2. The van der Waals surface area contributed by atoms with Gasteiger partial charge in [0, 0.05) is 16.5 Å². The highest BCUT2D eigenvalue weighted by Gasteiger charge is 2.11. The molecular formula is C14H9BrF2O. The molecule has 1 nitrogen and oxygen atoms in total. The zero-order chi connectivity index (χ0) is 13.1. The van der Waals surface area contributed by atoms with Crippen molar-refractivity contribution >= 4 is 21.7 Å². The number of hydrogen-bond donors (Lipinski definition) is 0. The molecule has 0 N–H and O–H groups in total. The molecule has 0 bridgehead atoms. The van der Waals surface area contributed by atoms with Gasteiger partial charge in [0.25, 0.3) is 0 Å². The van der Waals surface area contributed by atoms with Crippen molar-refractivity contribution in [1.82, 2.24) is 0 Å². The molecule has 4 heteroatoms. The molecule has 2 rings (SSSR count). The molecule has 0 amide bonds. The predicted molar refractivity (Wildman–Crippen MR) is 68.5 cm³/mol. The Morgan fingerprint density at radius 2 is 1.72 bits per heavy atom. The lowest BCUT2D eigenvalue weighted by Gasteiger charge is -2.04. The summed E-state index contributed by atoms with van der Waals surface area (Å²) in [4.78, 5) is 11.9. The van der Waals surface area contributed by atoms with Crippen LogP contribution in [0.15, 0.2) is 46.9 Å². The summed E-state index contributed by atoms with van der Waals surface area (Å²) >= 11 is 3.22. The maximum atomic E-state index is 13.5. The van der Waals surface area contributed by atoms with Gasteiger partial charge in [-0.05, 0) is 48.0 Å². The lowest BCUT2D eigenvalue weighted by molar-refractivity contribution is 0.0992. The Kier molecular flexibility index (Phi) is 3.87. The van der Waals surface area contributed by atoms with Crippen LogP contribution in [0.5, 0.6) is 0 Å². The smallest absolute Gasteiger partial charge is 0.167 e. The van der Waals surface area contributed by atoms with Crippen LogP contribution < -0.4 is 0 Å². The van der Waals surface area contributed by atoms with E-state index in [0.717, 1.165) is 0 Å². The topological polar surface area (TPSA) is 17.1 Å². The van der Waals surface area contributed by atoms with Crippen molar-refractivity contribution < 1.29 is 13.6 Å². The van der Waals surface area contributed by atoms with E-state index in [1.165, 1.54) is 30.3 Å². The highest BCUT2D eigenvalue weighted by atomic mass is 79.9. The third-order valence-electron chi connectivity index (χ3n) is 2.52. The van der Waals surface area contributed by atoms with Crippen LogP contribution in [-0.4, -0.2) is 5.78 Å². The number of halogens is 3. The van der Waals surface area contributed by atoms with Crippen LogP contribution in [0.4, 0.5) is 8.78 Å². The van der Waals surface area contributed by atoms with E-state index in [1.54, 1.807) is 12.1 Å². The van der Waals surface area contributed by atoms with Gasteiger partial charge in [-0.3, -0.25) is 4.79 Å². The number of carbonyl (C=O) groups is 1. The van der Waals surface area contributed by atoms with Crippen LogP contribution in [0.3, 0.4) is 0 Å². The van der Waals surface area contributed by atoms with E-state index < -0.39 is 11.6 Å². The van der Waals surface area contributed by atoms with Gasteiger partial charge in [0.1, 0.15) is 11.6 Å². The van der Waals surface area contributed by atoms with Crippen molar-refractivity contribution in [1.29, 1.82) is 0 Å². The molecule has 0 aliphatic rings. The van der Waals surface area contributed by atoms with E-state index in [2.05, 4.69) is 15.9 Å². The number of rotatable bonds is 3. The Labute approximate surface area is 112 Å². The Bertz CT molecular complexity index is 579. The normalized spacial score (nSPS) is 10.4. The van der Waals surface area contributed by atoms with Gasteiger partial charge in [0.2, 0.25) is 0 Å². The largest absolute Gasteiger partial charge is 0.294 e. The molecular weight excluding hydrogens is 302 g/mol. The van der Waals surface area contributed by atoms with Crippen LogP contribution in [-0.2, 0) is 6.42 Å². The van der Waals surface area contributed by atoms with E-state index >= 15 is 0 Å². The third-order valence-corrected chi connectivity index (χ3v) is 3.02. The van der Waals surface area contributed by atoms with Gasteiger partial charge >= 0.3 is 0 Å². The SMILES string of the molecule is O=C(Cc1cc(Br)ccc1F)c1ccc(F)cc1. The van der Waals surface area contributed by atoms with Crippen LogP contribution in [0.2, 0.25) is 0 Å². The first-order chi connectivity index (χ1) is 8.56. The average Bonchev–Trinajstić information content (AvgIpc) is 2.34. The minimum absolute atomic E-state index is 0.0447. The number of hydrogen-bond acceptors (Lipinski definition) is 1. The highest BCUT2D eigenvalue weighted by Crippen LogP contribution is 2.17. The fourth-order valence-electron chi connectivity index (χ4n) is 1.59. The molecule has 0 fully saturated rings. The van der Waals surface area contributed by atoms with E-state index in [-0.39, 0.29) is 12.2 Å². The highest BCUT2D eigenvalue weighted by molar-refractivity contribution is 9.10. The quantitative estimate of drug-likeness (QED) is 0.778. The molecule has 2 aromatic rings. The minimum atomic E-state index is -0.423. The summed E-state index contributed by atoms with van der Waals surface area (Å²) in [6.45, 7) is 0. The summed E-state index contributed by atoms with van der Waals surface area (Å²) in [6.07, 6.45) is -0.0447. The van der Waals surface area contributed by atoms with Crippen molar-refractivity contribution in [3.05, 3.63) is 69.7 Å². The Morgan fingerprint density at radius 3 is 2.39 bits per heavy atom. The van der Waals surface area contributed by atoms with Gasteiger partial charge in [0.15, 0.2) is 5.78 Å². The second-order valence-electron chi connectivity index (χ2n) is 3.84. The number of carbonyl (C=O) groups excluding carboxylic acids is 1. The summed E-state index contributed by atoms with van der Waals surface area (Å²) in [5, 5.41) is 0. The fraction of sp³-hybridized carbons (Fsp3) is 0.0714. The van der Waals surface area contributed by atoms with Gasteiger partial charge in [-0.15, -0.1) is 0 Å². The summed E-state index contributed by atoms with van der Waals surface area (Å²) in [5.74, 6) is -1.07. The van der Waals surface area contributed by atoms with Crippen molar-refractivity contribution in [2.45, 2.75) is 6.42 Å². The zero-order valence-electron chi connectivity index (χ0n) is 9.29. The first kappa shape index (κ1) is 12.9. The van der Waals surface area contributed by atoms with E-state index in [1.807, 2.05) is 0 Å². The lowest BCUT2D eigenvalue weighted by atomic mass is 10.0. The lowest BCUT2D eigenvalue weighted by Crippen LogP contribution is -2.05. The van der Waals surface area contributed by atoms with E-state index in [0.29, 0.717) is 15.6 Å². The van der Waals surface area contributed by atoms with Gasteiger partial charge in [-0.25, -0.2) is 8.78 Å². The van der Waals surface area contributed by atoms with Crippen LogP contribution in [0, 0.1) is 11.6 Å². The van der Waals surface area contributed by atoms with Gasteiger partial charge < -0.3 is 0 Å². The first-order valence-electron chi connectivity index (χ1n) is 5.29. The molecule has 0 spiro atoms. The van der Waals surface area contributed by atoms with Gasteiger partial charge in [-0.1, -0.05) is 15.9 Å². The van der Waals surface area contributed by atoms with E-state index in [4.69, 9.17) is 0 Å². The Morgan fingerprint density at radius 1 is 1.06 bits per heavy atom. The Balaban J connectivity index is 2.21. The summed E-state index contributed by atoms with van der Waals surface area (Å²) in [7, 11) is 0. The molecule has 0 saturated carbocycles. The maximum absolute atomic E-state index is 13.5. The molecule has 2 aromatic carbocycles. The van der Waals surface area contributed by atoms with Crippen LogP contribution >= 0.6 is 15.9 Å². The summed E-state index contributed by atoms with van der Waals surface area (Å²) in [5.41, 5.74) is 0.689. The monoisotopic (exact) mass is 310 g/mol. The molecule has 0 atom stereocenters. The molecule has 18 heavy (non-hydrogen) atoms. The van der Waals surface area contributed by atoms with Crippen molar-refractivity contribution in [3.8, 4) is 0 Å².